The van der Waals surface area contributed by atoms with Crippen LogP contribution in [0.15, 0.2) is 30.3 Å². The Hall–Kier alpha value is -2.14. The third kappa shape index (κ3) is 9.72. The van der Waals surface area contributed by atoms with Crippen LogP contribution in [0, 0.1) is 12.8 Å². The van der Waals surface area contributed by atoms with Crippen LogP contribution in [0.5, 0.6) is 0 Å². The lowest BCUT2D eigenvalue weighted by Crippen LogP contribution is -2.32. The Balaban J connectivity index is 0.000000409. The predicted octanol–water partition coefficient (Wildman–Crippen LogP) is 2.63. The molecular weight excluding hydrogens is 282 g/mol. The zero-order valence-electron chi connectivity index (χ0n) is 13.6. The Kier molecular flexibility index (Phi) is 9.54. The van der Waals surface area contributed by atoms with Gasteiger partial charge in [-0.1, -0.05) is 43.7 Å². The van der Waals surface area contributed by atoms with Gasteiger partial charge in [0.1, 0.15) is 6.04 Å². The summed E-state index contributed by atoms with van der Waals surface area (Å²) in [4.78, 5) is 20.9. The molecule has 0 saturated heterocycles. The first-order valence-corrected chi connectivity index (χ1v) is 7.07. The Morgan fingerprint density at radius 2 is 1.82 bits per heavy atom. The second-order valence-corrected chi connectivity index (χ2v) is 5.34. The first-order chi connectivity index (χ1) is 10.3. The summed E-state index contributed by atoms with van der Waals surface area (Å²) < 4.78 is 4.45. The zero-order valence-corrected chi connectivity index (χ0v) is 13.6. The smallest absolute Gasteiger partial charge is 0.328 e. The van der Waals surface area contributed by atoms with Gasteiger partial charge in [0.15, 0.2) is 0 Å². The van der Waals surface area contributed by atoms with Crippen LogP contribution in [0.2, 0.25) is 0 Å². The van der Waals surface area contributed by atoms with Gasteiger partial charge in [0.25, 0.3) is 0 Å². The number of hydrogen-bond acceptors (Lipinski definition) is 4. The molecule has 0 heterocycles. The molecule has 1 rings (SSSR count). The molecule has 0 aliphatic heterocycles. The first-order valence-electron chi connectivity index (χ1n) is 7.07. The number of aliphatic carboxylic acids is 1. The minimum Gasteiger partial charge on any atom is -0.478 e. The van der Waals surface area contributed by atoms with Gasteiger partial charge in [-0.3, -0.25) is 4.79 Å². The van der Waals surface area contributed by atoms with Crippen LogP contribution in [0.4, 0.5) is 0 Å². The van der Waals surface area contributed by atoms with E-state index in [1.54, 1.807) is 6.08 Å². The van der Waals surface area contributed by atoms with Crippen molar-refractivity contribution in [2.75, 3.05) is 7.11 Å². The van der Waals surface area contributed by atoms with Gasteiger partial charge >= 0.3 is 11.9 Å². The lowest BCUT2D eigenvalue weighted by molar-refractivity contribution is -0.142. The van der Waals surface area contributed by atoms with E-state index in [0.717, 1.165) is 11.6 Å². The first kappa shape index (κ1) is 19.9. The standard InChI is InChI=1S/C10H10O2.C7H15NO2/c1-8-2-4-9(5-3-8)6-7-10(11)12;1-5(2)4-6(8)7(9)10-3/h2-7H,1H3,(H,11,12);5-6H,4,8H2,1-3H3/b7-6+;/t;6-/m.0/s1. The summed E-state index contributed by atoms with van der Waals surface area (Å²) in [5.74, 6) is -0.807. The lowest BCUT2D eigenvalue weighted by atomic mass is 10.1. The number of carbonyl (C=O) groups excluding carboxylic acids is 1. The van der Waals surface area contributed by atoms with Crippen molar-refractivity contribution in [1.29, 1.82) is 0 Å². The maximum atomic E-state index is 10.7. The molecule has 1 aromatic rings. The number of carboxylic acid groups (broad SMARTS) is 1. The fourth-order valence-corrected chi connectivity index (χ4v) is 1.60. The summed E-state index contributed by atoms with van der Waals surface area (Å²) >= 11 is 0. The largest absolute Gasteiger partial charge is 0.478 e. The number of methoxy groups -OCH3 is 1. The van der Waals surface area contributed by atoms with Crippen molar-refractivity contribution in [2.24, 2.45) is 11.7 Å². The molecule has 0 unspecified atom stereocenters. The molecule has 3 N–H and O–H groups in total. The van der Waals surface area contributed by atoms with Gasteiger partial charge in [-0.25, -0.2) is 4.79 Å². The van der Waals surface area contributed by atoms with Crippen molar-refractivity contribution in [3.05, 3.63) is 41.5 Å². The van der Waals surface area contributed by atoms with E-state index in [9.17, 15) is 9.59 Å². The molecule has 0 spiro atoms. The highest BCUT2D eigenvalue weighted by molar-refractivity contribution is 5.85. The van der Waals surface area contributed by atoms with E-state index in [-0.39, 0.29) is 5.97 Å². The number of rotatable bonds is 5. The van der Waals surface area contributed by atoms with Crippen molar-refractivity contribution >= 4 is 18.0 Å². The van der Waals surface area contributed by atoms with Crippen LogP contribution in [0.3, 0.4) is 0 Å². The number of carbonyl (C=O) groups is 2. The van der Waals surface area contributed by atoms with E-state index in [1.165, 1.54) is 12.7 Å². The van der Waals surface area contributed by atoms with Gasteiger partial charge < -0.3 is 15.6 Å². The monoisotopic (exact) mass is 307 g/mol. The van der Waals surface area contributed by atoms with Gasteiger partial charge in [0.2, 0.25) is 0 Å². The number of aryl methyl sites for hydroxylation is 1. The molecule has 0 fully saturated rings. The fraction of sp³-hybridized carbons (Fsp3) is 0.412. The Morgan fingerprint density at radius 3 is 2.23 bits per heavy atom. The van der Waals surface area contributed by atoms with Gasteiger partial charge in [-0.2, -0.15) is 0 Å². The van der Waals surface area contributed by atoms with Gasteiger partial charge in [0, 0.05) is 6.08 Å². The molecular formula is C17H25NO4. The predicted molar refractivity (Wildman–Crippen MR) is 87.3 cm³/mol. The Bertz CT molecular complexity index is 492. The van der Waals surface area contributed by atoms with Crippen LogP contribution in [0.1, 0.15) is 31.4 Å². The molecule has 5 heteroatoms. The van der Waals surface area contributed by atoms with E-state index < -0.39 is 12.0 Å². The molecule has 0 aromatic heterocycles. The summed E-state index contributed by atoms with van der Waals surface area (Å²) in [5, 5.41) is 8.34. The van der Waals surface area contributed by atoms with Crippen molar-refractivity contribution in [3.63, 3.8) is 0 Å². The SMILES string of the molecule is COC(=O)[C@@H](N)CC(C)C.Cc1ccc(/C=C/C(=O)O)cc1. The van der Waals surface area contributed by atoms with Crippen molar-refractivity contribution in [3.8, 4) is 0 Å². The second-order valence-electron chi connectivity index (χ2n) is 5.34. The summed E-state index contributed by atoms with van der Waals surface area (Å²) in [6.07, 6.45) is 3.39. The minimum atomic E-state index is -0.921. The molecule has 0 amide bonds. The van der Waals surface area contributed by atoms with Crippen LogP contribution in [-0.2, 0) is 14.3 Å². The number of esters is 1. The molecule has 0 radical (unpaired) electrons. The Morgan fingerprint density at radius 1 is 1.27 bits per heavy atom. The molecule has 5 nitrogen and oxygen atoms in total. The van der Waals surface area contributed by atoms with Crippen LogP contribution in [-0.4, -0.2) is 30.2 Å². The van der Waals surface area contributed by atoms with E-state index in [0.29, 0.717) is 12.3 Å². The second kappa shape index (κ2) is 10.6. The Labute approximate surface area is 131 Å². The number of nitrogens with two attached hydrogens (primary N) is 1. The summed E-state index contributed by atoms with van der Waals surface area (Å²) in [5.41, 5.74) is 7.53. The number of carboxylic acids is 1. The number of ether oxygens (including phenoxy) is 1. The average Bonchev–Trinajstić information content (AvgIpc) is 2.45. The van der Waals surface area contributed by atoms with Gasteiger partial charge in [0.05, 0.1) is 7.11 Å². The maximum absolute atomic E-state index is 10.7. The van der Waals surface area contributed by atoms with Crippen LogP contribution >= 0.6 is 0 Å². The number of hydrogen-bond donors (Lipinski definition) is 2. The lowest BCUT2D eigenvalue weighted by Gasteiger charge is -2.10. The summed E-state index contributed by atoms with van der Waals surface area (Å²) in [7, 11) is 1.35. The highest BCUT2D eigenvalue weighted by Crippen LogP contribution is 2.04. The molecule has 0 saturated carbocycles. The molecule has 1 atom stereocenters. The summed E-state index contributed by atoms with van der Waals surface area (Å²) in [6, 6.07) is 7.21. The van der Waals surface area contributed by atoms with Crippen LogP contribution in [0.25, 0.3) is 6.08 Å². The highest BCUT2D eigenvalue weighted by atomic mass is 16.5. The van der Waals surface area contributed by atoms with Gasteiger partial charge in [-0.15, -0.1) is 0 Å². The summed E-state index contributed by atoms with van der Waals surface area (Å²) in [6.45, 7) is 6.02. The molecule has 1 aromatic carbocycles. The average molecular weight is 307 g/mol. The normalized spacial score (nSPS) is 11.7. The quantitative estimate of drug-likeness (QED) is 0.644. The third-order valence-corrected chi connectivity index (χ3v) is 2.72. The van der Waals surface area contributed by atoms with Crippen molar-refractivity contribution < 1.29 is 19.4 Å². The maximum Gasteiger partial charge on any atom is 0.328 e. The van der Waals surface area contributed by atoms with Crippen LogP contribution < -0.4 is 5.73 Å². The minimum absolute atomic E-state index is 0.325. The third-order valence-electron chi connectivity index (χ3n) is 2.72. The van der Waals surface area contributed by atoms with Crippen molar-refractivity contribution in [2.45, 2.75) is 33.2 Å². The molecule has 122 valence electrons. The molecule has 0 aliphatic carbocycles. The molecule has 0 bridgehead atoms. The fourth-order valence-electron chi connectivity index (χ4n) is 1.60. The van der Waals surface area contributed by atoms with E-state index in [2.05, 4.69) is 4.74 Å². The molecule has 0 aliphatic rings. The zero-order chi connectivity index (χ0) is 17.1. The van der Waals surface area contributed by atoms with E-state index in [1.807, 2.05) is 45.0 Å². The van der Waals surface area contributed by atoms with Crippen molar-refractivity contribution in [1.82, 2.24) is 0 Å². The van der Waals surface area contributed by atoms with E-state index in [4.69, 9.17) is 10.8 Å². The van der Waals surface area contributed by atoms with E-state index >= 15 is 0 Å². The topological polar surface area (TPSA) is 89.6 Å². The molecule has 22 heavy (non-hydrogen) atoms. The van der Waals surface area contributed by atoms with Gasteiger partial charge in [-0.05, 0) is 30.9 Å². The number of benzene rings is 1. The highest BCUT2D eigenvalue weighted by Gasteiger charge is 2.14.